The van der Waals surface area contributed by atoms with E-state index in [1.165, 1.54) is 23.1 Å². The van der Waals surface area contributed by atoms with Crippen molar-refractivity contribution in [2.24, 2.45) is 4.99 Å². The van der Waals surface area contributed by atoms with Crippen LogP contribution in [0.3, 0.4) is 0 Å². The van der Waals surface area contributed by atoms with Crippen LogP contribution in [0.5, 0.6) is 0 Å². The Morgan fingerprint density at radius 2 is 2.17 bits per heavy atom. The summed E-state index contributed by atoms with van der Waals surface area (Å²) in [6.45, 7) is 12.5. The Bertz CT molecular complexity index is 498. The Hall–Kier alpha value is -1.05. The van der Waals surface area contributed by atoms with E-state index >= 15 is 0 Å². The van der Waals surface area contributed by atoms with Crippen molar-refractivity contribution in [1.29, 1.82) is 0 Å². The van der Waals surface area contributed by atoms with E-state index in [0.29, 0.717) is 6.04 Å². The first kappa shape index (κ1) is 13.4. The molecule has 0 aliphatic carbocycles. The van der Waals surface area contributed by atoms with Gasteiger partial charge < -0.3 is 0 Å². The SMILES string of the molecule is C=C(C)N=C1[B]CCCc2bn(C(C)C)c(C)c21. The minimum atomic E-state index is 0.503. The number of aromatic nitrogens is 1. The van der Waals surface area contributed by atoms with E-state index < -0.39 is 0 Å². The van der Waals surface area contributed by atoms with E-state index in [9.17, 15) is 0 Å². The molecule has 2 nitrogen and oxygen atoms in total. The quantitative estimate of drug-likeness (QED) is 0.705. The van der Waals surface area contributed by atoms with Gasteiger partial charge in [0.1, 0.15) is 0 Å². The number of aliphatic imine (C=N–C) groups is 1. The zero-order valence-electron chi connectivity index (χ0n) is 12.0. The average Bonchev–Trinajstić information content (AvgIpc) is 2.48. The standard InChI is InChI=1S/C14H21B2N2/c1-9(2)17-14-13-11(5)18(10(3)4)16-12(13)7-6-8-15-14/h10H,1,6-8H2,2-5H3. The fourth-order valence-electron chi connectivity index (χ4n) is 2.71. The fourth-order valence-corrected chi connectivity index (χ4v) is 2.71. The number of nitrogens with zero attached hydrogens (tertiary/aromatic N) is 2. The molecule has 18 heavy (non-hydrogen) atoms. The van der Waals surface area contributed by atoms with Gasteiger partial charge in [-0.05, 0) is 0 Å². The number of aryl methyl sites for hydroxylation is 1. The molecule has 2 rings (SSSR count). The zero-order valence-corrected chi connectivity index (χ0v) is 12.0. The summed E-state index contributed by atoms with van der Waals surface area (Å²) in [5.41, 5.74) is 6.11. The molecular formula is C14H21B2N2. The maximum atomic E-state index is 4.62. The van der Waals surface area contributed by atoms with E-state index in [-0.39, 0.29) is 0 Å². The van der Waals surface area contributed by atoms with E-state index in [1.807, 2.05) is 6.92 Å². The molecule has 0 aromatic carbocycles. The van der Waals surface area contributed by atoms with Gasteiger partial charge in [0.05, 0.1) is 0 Å². The first-order valence-electron chi connectivity index (χ1n) is 6.78. The molecule has 0 saturated heterocycles. The summed E-state index contributed by atoms with van der Waals surface area (Å²) in [4.78, 5) is 4.62. The molecular weight excluding hydrogens is 218 g/mol. The summed E-state index contributed by atoms with van der Waals surface area (Å²) < 4.78 is 2.36. The monoisotopic (exact) mass is 239 g/mol. The van der Waals surface area contributed by atoms with E-state index in [4.69, 9.17) is 0 Å². The first-order chi connectivity index (χ1) is 8.50. The summed E-state index contributed by atoms with van der Waals surface area (Å²) in [6.07, 6.45) is 3.48. The topological polar surface area (TPSA) is 17.3 Å². The molecule has 0 fully saturated rings. The van der Waals surface area contributed by atoms with E-state index in [1.54, 1.807) is 0 Å². The van der Waals surface area contributed by atoms with Crippen LogP contribution in [0.1, 0.15) is 49.9 Å². The number of allylic oxidation sites excluding steroid dienone is 1. The first-order valence-corrected chi connectivity index (χ1v) is 6.78. The molecule has 1 aliphatic heterocycles. The Morgan fingerprint density at radius 1 is 1.44 bits per heavy atom. The van der Waals surface area contributed by atoms with Crippen molar-refractivity contribution in [1.82, 2.24) is 4.47 Å². The van der Waals surface area contributed by atoms with Crippen LogP contribution in [0, 0.1) is 6.92 Å². The fraction of sp³-hybridized carbons (Fsp3) is 0.571. The van der Waals surface area contributed by atoms with Gasteiger partial charge in [-0.3, -0.25) is 0 Å². The van der Waals surface area contributed by atoms with Gasteiger partial charge >= 0.3 is 111 Å². The molecule has 0 bridgehead atoms. The third-order valence-electron chi connectivity index (χ3n) is 3.48. The summed E-state index contributed by atoms with van der Waals surface area (Å²) in [5, 5.41) is 0. The van der Waals surface area contributed by atoms with Crippen molar-refractivity contribution in [3.8, 4) is 0 Å². The predicted octanol–water partition coefficient (Wildman–Crippen LogP) is 3.06. The van der Waals surface area contributed by atoms with Crippen molar-refractivity contribution >= 4 is 19.9 Å². The minimum absolute atomic E-state index is 0.503. The molecule has 0 unspecified atom stereocenters. The van der Waals surface area contributed by atoms with Crippen LogP contribution < -0.4 is 0 Å². The molecule has 0 N–H and O–H groups in total. The summed E-state index contributed by atoms with van der Waals surface area (Å²) in [6, 6.07) is 0.503. The summed E-state index contributed by atoms with van der Waals surface area (Å²) in [7, 11) is 4.57. The third kappa shape index (κ3) is 2.52. The molecule has 1 aromatic rings. The van der Waals surface area contributed by atoms with Gasteiger partial charge in [-0.25, -0.2) is 0 Å². The molecule has 0 amide bonds. The third-order valence-corrected chi connectivity index (χ3v) is 3.48. The molecule has 1 aliphatic rings. The molecule has 4 heteroatoms. The molecule has 93 valence electrons. The second kappa shape index (κ2) is 5.29. The van der Waals surface area contributed by atoms with Gasteiger partial charge in [0.2, 0.25) is 0 Å². The van der Waals surface area contributed by atoms with E-state index in [0.717, 1.165) is 24.0 Å². The van der Waals surface area contributed by atoms with Crippen molar-refractivity contribution in [2.75, 3.05) is 0 Å². The Labute approximate surface area is 112 Å². The van der Waals surface area contributed by atoms with Crippen molar-refractivity contribution in [3.05, 3.63) is 29.0 Å². The average molecular weight is 239 g/mol. The zero-order chi connectivity index (χ0) is 13.3. The number of hydrogen-bond acceptors (Lipinski definition) is 1. The van der Waals surface area contributed by atoms with Crippen LogP contribution in [0.4, 0.5) is 0 Å². The van der Waals surface area contributed by atoms with Gasteiger partial charge in [-0.1, -0.05) is 0 Å². The summed E-state index contributed by atoms with van der Waals surface area (Å²) in [5.74, 6) is 0. The predicted molar refractivity (Wildman–Crippen MR) is 81.1 cm³/mol. The van der Waals surface area contributed by atoms with Crippen LogP contribution in [-0.4, -0.2) is 24.4 Å². The van der Waals surface area contributed by atoms with Gasteiger partial charge in [-0.2, -0.15) is 0 Å². The van der Waals surface area contributed by atoms with Crippen LogP contribution in [-0.2, 0) is 6.42 Å². The van der Waals surface area contributed by atoms with Crippen LogP contribution in [0.25, 0.3) is 0 Å². The second-order valence-corrected chi connectivity index (χ2v) is 5.44. The molecule has 0 spiro atoms. The molecule has 1 radical (unpaired) electrons. The maximum absolute atomic E-state index is 4.62. The van der Waals surface area contributed by atoms with Gasteiger partial charge in [-0.15, -0.1) is 0 Å². The van der Waals surface area contributed by atoms with Crippen LogP contribution >= 0.6 is 0 Å². The van der Waals surface area contributed by atoms with Crippen molar-refractivity contribution in [2.45, 2.75) is 52.9 Å². The molecule has 0 atom stereocenters. The Morgan fingerprint density at radius 3 is 2.78 bits per heavy atom. The van der Waals surface area contributed by atoms with Gasteiger partial charge in [0, 0.05) is 0 Å². The molecule has 0 saturated carbocycles. The van der Waals surface area contributed by atoms with Crippen LogP contribution in [0.2, 0.25) is 6.32 Å². The Balaban J connectivity index is 2.56. The van der Waals surface area contributed by atoms with Crippen molar-refractivity contribution < 1.29 is 0 Å². The van der Waals surface area contributed by atoms with Gasteiger partial charge in [0.15, 0.2) is 0 Å². The number of hydrogen-bond donors (Lipinski definition) is 0. The van der Waals surface area contributed by atoms with Crippen LogP contribution in [0.15, 0.2) is 17.3 Å². The van der Waals surface area contributed by atoms with E-state index in [2.05, 4.69) is 51.1 Å². The van der Waals surface area contributed by atoms with Crippen molar-refractivity contribution in [3.63, 3.8) is 0 Å². The number of rotatable bonds is 2. The Kier molecular flexibility index (Phi) is 3.94. The molecule has 2 heterocycles. The second-order valence-electron chi connectivity index (χ2n) is 5.44. The number of fused-ring (bicyclic) bond motifs is 1. The normalized spacial score (nSPS) is 17.3. The summed E-state index contributed by atoms with van der Waals surface area (Å²) >= 11 is 0. The van der Waals surface area contributed by atoms with Gasteiger partial charge in [0.25, 0.3) is 0 Å². The molecule has 1 aromatic heterocycles.